The van der Waals surface area contributed by atoms with Crippen molar-refractivity contribution in [3.8, 4) is 0 Å². The number of piperidine rings is 2. The van der Waals surface area contributed by atoms with Gasteiger partial charge in [0.1, 0.15) is 11.6 Å². The number of carbonyl (C=O) groups excluding carboxylic acids is 4. The zero-order chi connectivity index (χ0) is 44.7. The van der Waals surface area contributed by atoms with Crippen molar-refractivity contribution in [1.29, 1.82) is 0 Å². The molecular formula is C46H46ClF3N10O4. The molecule has 3 saturated heterocycles. The van der Waals surface area contributed by atoms with E-state index in [9.17, 15) is 23.6 Å². The van der Waals surface area contributed by atoms with Crippen LogP contribution in [-0.2, 0) is 9.59 Å². The number of piperazine rings is 1. The lowest BCUT2D eigenvalue weighted by molar-refractivity contribution is -0.134. The summed E-state index contributed by atoms with van der Waals surface area (Å²) in [5, 5.41) is 13.3. The summed E-state index contributed by atoms with van der Waals surface area (Å²) >= 11 is 6.15. The fourth-order valence-corrected chi connectivity index (χ4v) is 8.30. The Bertz CT molecular complexity index is 2520. The molecular weight excluding hydrogens is 849 g/mol. The topological polar surface area (TPSA) is 164 Å². The number of nitrogens with one attached hydrogen (secondary N) is 5. The van der Waals surface area contributed by atoms with Crippen molar-refractivity contribution in [2.24, 2.45) is 5.92 Å². The highest BCUT2D eigenvalue weighted by Crippen LogP contribution is 2.33. The van der Waals surface area contributed by atoms with Gasteiger partial charge in [-0.25, -0.2) is 23.2 Å². The molecule has 14 nitrogen and oxygen atoms in total. The predicted molar refractivity (Wildman–Crippen MR) is 237 cm³/mol. The molecule has 0 aliphatic carbocycles. The van der Waals surface area contributed by atoms with E-state index >= 15 is 8.78 Å². The maximum atomic E-state index is 15.2. The van der Waals surface area contributed by atoms with Crippen molar-refractivity contribution in [2.75, 3.05) is 66.7 Å². The van der Waals surface area contributed by atoms with E-state index in [1.54, 1.807) is 72.8 Å². The lowest BCUT2D eigenvalue weighted by atomic mass is 9.89. The molecule has 64 heavy (non-hydrogen) atoms. The maximum absolute atomic E-state index is 15.2. The summed E-state index contributed by atoms with van der Waals surface area (Å²) in [5.41, 5.74) is 5.59. The highest BCUT2D eigenvalue weighted by Gasteiger charge is 2.32. The van der Waals surface area contributed by atoms with Crippen molar-refractivity contribution in [3.05, 3.63) is 130 Å². The quantitative estimate of drug-likeness (QED) is 0.0750. The van der Waals surface area contributed by atoms with Crippen LogP contribution in [0.2, 0.25) is 5.02 Å². The minimum absolute atomic E-state index is 0.0237. The van der Waals surface area contributed by atoms with Gasteiger partial charge >= 0.3 is 0 Å². The molecule has 3 fully saturated rings. The number of amides is 4. The van der Waals surface area contributed by atoms with Crippen LogP contribution in [-0.4, -0.2) is 89.3 Å². The highest BCUT2D eigenvalue weighted by atomic mass is 35.5. The normalized spacial score (nSPS) is 17.4. The molecule has 1 atom stereocenters. The van der Waals surface area contributed by atoms with Gasteiger partial charge in [-0.05, 0) is 105 Å². The summed E-state index contributed by atoms with van der Waals surface area (Å²) in [6, 6.07) is 22.4. The van der Waals surface area contributed by atoms with Gasteiger partial charge in [-0.3, -0.25) is 34.8 Å². The Kier molecular flexibility index (Phi) is 13.7. The molecule has 5 aromatic rings. The van der Waals surface area contributed by atoms with Crippen molar-refractivity contribution in [3.63, 3.8) is 0 Å². The van der Waals surface area contributed by atoms with Gasteiger partial charge in [0.15, 0.2) is 11.6 Å². The zero-order valence-electron chi connectivity index (χ0n) is 34.7. The Morgan fingerprint density at radius 3 is 2.12 bits per heavy atom. The molecule has 4 amide bonds. The van der Waals surface area contributed by atoms with Gasteiger partial charge in [0.25, 0.3) is 11.8 Å². The third-order valence-corrected chi connectivity index (χ3v) is 12.1. The Labute approximate surface area is 372 Å². The van der Waals surface area contributed by atoms with Crippen LogP contribution < -0.4 is 31.6 Å². The summed E-state index contributed by atoms with van der Waals surface area (Å²) in [5.74, 6) is -3.83. The number of anilines is 6. The van der Waals surface area contributed by atoms with Crippen LogP contribution >= 0.6 is 11.6 Å². The predicted octanol–water partition coefficient (Wildman–Crippen LogP) is 7.38. The first-order valence-corrected chi connectivity index (χ1v) is 21.5. The Morgan fingerprint density at radius 2 is 1.44 bits per heavy atom. The fourth-order valence-electron chi connectivity index (χ4n) is 8.12. The van der Waals surface area contributed by atoms with Gasteiger partial charge in [0, 0.05) is 79.8 Å². The number of carbonyl (C=O) groups is 4. The third-order valence-electron chi connectivity index (χ3n) is 11.8. The van der Waals surface area contributed by atoms with Crippen molar-refractivity contribution in [2.45, 2.75) is 38.0 Å². The first kappa shape index (κ1) is 44.1. The van der Waals surface area contributed by atoms with E-state index in [2.05, 4.69) is 41.6 Å². The molecule has 0 spiro atoms. The van der Waals surface area contributed by atoms with Crippen LogP contribution in [0.15, 0.2) is 91.1 Å². The number of hydrazine groups is 1. The molecule has 0 radical (unpaired) electrons. The first-order chi connectivity index (χ1) is 30.9. The molecule has 5 N–H and O–H groups in total. The molecule has 18 heteroatoms. The van der Waals surface area contributed by atoms with E-state index in [4.69, 9.17) is 11.6 Å². The molecule has 1 aromatic heterocycles. The van der Waals surface area contributed by atoms with E-state index in [0.29, 0.717) is 78.4 Å². The highest BCUT2D eigenvalue weighted by molar-refractivity contribution is 6.33. The molecule has 3 aliphatic rings. The van der Waals surface area contributed by atoms with Crippen LogP contribution in [0.3, 0.4) is 0 Å². The van der Waals surface area contributed by atoms with E-state index in [-0.39, 0.29) is 47.7 Å². The fraction of sp³-hybridized carbons (Fsp3) is 0.304. The number of benzene rings is 4. The van der Waals surface area contributed by atoms with E-state index in [0.717, 1.165) is 38.1 Å². The molecule has 4 aromatic carbocycles. The molecule has 4 heterocycles. The van der Waals surface area contributed by atoms with E-state index in [1.807, 2.05) is 9.91 Å². The minimum atomic E-state index is -0.889. The maximum Gasteiger partial charge on any atom is 0.265 e. The number of nitrogens with zero attached hydrogens (tertiary/aromatic N) is 5. The van der Waals surface area contributed by atoms with Crippen LogP contribution in [0.5, 0.6) is 0 Å². The Hall–Kier alpha value is -6.56. The standard InChI is InChI=1S/C46H46ClF3N10O4/c47-35-3-1-2-4-39(35)54-43(62)29-5-9-31(10-6-29)52-42-38(50)27-51-46(56-42)53-32-11-7-30(8-12-32)44(63)57-60-19-16-28(17-20-60)15-18-58-21-23-59(24-22-58)40-26-36(48)34(25-37(40)49)33-13-14-41(61)55-45(33)64/h1-12,25-28,33H,13-24H2,(H,54,62)(H,57,63)(H,55,61,64)(H2,51,52,53,56). The minimum Gasteiger partial charge on any atom is -0.367 e. The van der Waals surface area contributed by atoms with Crippen LogP contribution in [0.4, 0.5) is 47.7 Å². The molecule has 1 unspecified atom stereocenters. The monoisotopic (exact) mass is 894 g/mol. The number of aromatic nitrogens is 2. The van der Waals surface area contributed by atoms with E-state index < -0.39 is 35.2 Å². The number of rotatable bonds is 13. The number of halogens is 4. The molecule has 0 bridgehead atoms. The Morgan fingerprint density at radius 1 is 0.766 bits per heavy atom. The van der Waals surface area contributed by atoms with Gasteiger partial charge in [-0.15, -0.1) is 0 Å². The average molecular weight is 895 g/mol. The van der Waals surface area contributed by atoms with Crippen LogP contribution in [0.1, 0.15) is 64.3 Å². The summed E-state index contributed by atoms with van der Waals surface area (Å²) in [7, 11) is 0. The number of para-hydroxylation sites is 1. The molecule has 0 saturated carbocycles. The van der Waals surface area contributed by atoms with Crippen molar-refractivity contribution in [1.82, 2.24) is 30.6 Å². The third kappa shape index (κ3) is 10.8. The summed E-state index contributed by atoms with van der Waals surface area (Å²) in [6.45, 7) is 4.82. The summed E-state index contributed by atoms with van der Waals surface area (Å²) < 4.78 is 45.1. The first-order valence-electron chi connectivity index (χ1n) is 21.1. The van der Waals surface area contributed by atoms with E-state index in [1.165, 1.54) is 6.07 Å². The zero-order valence-corrected chi connectivity index (χ0v) is 35.4. The lowest BCUT2D eigenvalue weighted by Crippen LogP contribution is -2.48. The largest absolute Gasteiger partial charge is 0.367 e. The van der Waals surface area contributed by atoms with Gasteiger partial charge in [0.2, 0.25) is 17.8 Å². The van der Waals surface area contributed by atoms with Gasteiger partial charge in [0.05, 0.1) is 28.5 Å². The van der Waals surface area contributed by atoms with Gasteiger partial charge in [-0.1, -0.05) is 23.7 Å². The van der Waals surface area contributed by atoms with Crippen LogP contribution in [0, 0.1) is 23.4 Å². The average Bonchev–Trinajstić information content (AvgIpc) is 3.29. The van der Waals surface area contributed by atoms with Crippen molar-refractivity contribution >= 4 is 69.7 Å². The number of hydrogen-bond donors (Lipinski definition) is 5. The second kappa shape index (κ2) is 19.9. The second-order valence-corrected chi connectivity index (χ2v) is 16.5. The summed E-state index contributed by atoms with van der Waals surface area (Å²) in [4.78, 5) is 62.0. The lowest BCUT2D eigenvalue weighted by Gasteiger charge is -2.38. The van der Waals surface area contributed by atoms with Crippen LogP contribution in [0.25, 0.3) is 0 Å². The number of imide groups is 1. The van der Waals surface area contributed by atoms with Gasteiger partial charge < -0.3 is 20.9 Å². The Balaban J connectivity index is 0.748. The van der Waals surface area contributed by atoms with Gasteiger partial charge in [-0.2, -0.15) is 4.98 Å². The molecule has 332 valence electrons. The smallest absolute Gasteiger partial charge is 0.265 e. The second-order valence-electron chi connectivity index (χ2n) is 16.0. The summed E-state index contributed by atoms with van der Waals surface area (Å²) in [6.07, 6.45) is 4.12. The SMILES string of the molecule is O=C1CCC(c2cc(F)c(N3CCN(CCC4CCN(NC(=O)c5ccc(Nc6ncc(F)c(Nc7ccc(C(=O)Nc8ccccc8Cl)cc7)n6)cc5)CC4)CC3)cc2F)C(=O)N1. The molecule has 3 aliphatic heterocycles. The van der Waals surface area contributed by atoms with Crippen molar-refractivity contribution < 1.29 is 32.3 Å². The molecule has 8 rings (SSSR count). The number of hydrogen-bond acceptors (Lipinski definition) is 11.